The van der Waals surface area contributed by atoms with Crippen molar-refractivity contribution in [2.75, 3.05) is 13.2 Å². The molecule has 0 radical (unpaired) electrons. The maximum absolute atomic E-state index is 12.6. The molecule has 0 aliphatic rings. The number of hydrogen-bond donors (Lipinski definition) is 4. The average Bonchev–Trinajstić information content (AvgIpc) is 1.12. The fraction of sp³-hybridized carbons (Fsp3) is 0.909. The fourth-order valence-corrected chi connectivity index (χ4v) is 13.5. The highest BCUT2D eigenvalue weighted by atomic mass is 35.5. The molecule has 16 nitrogen and oxygen atoms in total. The molecule has 7 N–H and O–H groups in total. The Morgan fingerprint density at radius 3 is 0.717 bits per heavy atom. The number of quaternary nitrogens is 1. The Balaban J connectivity index is -0.000000963. The van der Waals surface area contributed by atoms with Crippen molar-refractivity contribution in [2.45, 2.75) is 501 Å². The molecule has 0 rings (SSSR count). The van der Waals surface area contributed by atoms with Crippen LogP contribution in [0.25, 0.3) is 0 Å². The molecule has 4 atom stereocenters. The molecule has 0 fully saturated rings. The van der Waals surface area contributed by atoms with Crippen molar-refractivity contribution in [2.24, 2.45) is 5.73 Å². The van der Waals surface area contributed by atoms with E-state index in [1.54, 1.807) is 0 Å². The molecule has 0 aliphatic carbocycles. The highest BCUT2D eigenvalue weighted by molar-refractivity contribution is 5.87. The summed E-state index contributed by atoms with van der Waals surface area (Å²) in [5.74, 6) is -4.26. The number of Topliss-reactive ketones (excluding diaryl/α,β-unsaturated/α-hetero) is 2. The van der Waals surface area contributed by atoms with Crippen LogP contribution in [0.15, 0.2) is 0 Å². The molecular formula is C88H167Cl2N2O14-. The lowest BCUT2D eigenvalue weighted by Gasteiger charge is -2.18. The van der Waals surface area contributed by atoms with E-state index < -0.39 is 48.4 Å². The van der Waals surface area contributed by atoms with Crippen LogP contribution < -0.4 is 36.3 Å². The summed E-state index contributed by atoms with van der Waals surface area (Å²) >= 11 is 0. The summed E-state index contributed by atoms with van der Waals surface area (Å²) in [5.41, 5.74) is 9.23. The number of ketones is 2. The van der Waals surface area contributed by atoms with E-state index in [0.29, 0.717) is 19.3 Å². The van der Waals surface area contributed by atoms with Crippen LogP contribution in [0.5, 0.6) is 0 Å². The lowest BCUT2D eigenvalue weighted by atomic mass is 10.0. The molecule has 0 heterocycles. The molecule has 628 valence electrons. The first kappa shape index (κ1) is 109. The largest absolute Gasteiger partial charge is 1.00 e. The van der Waals surface area contributed by atoms with Crippen molar-refractivity contribution in [1.82, 2.24) is 0 Å². The minimum Gasteiger partial charge on any atom is -1.00 e. The number of hydrogen-bond acceptors (Lipinski definition) is 13. The quantitative estimate of drug-likeness (QED) is 0.0250. The van der Waals surface area contributed by atoms with Crippen LogP contribution in [0.3, 0.4) is 0 Å². The molecule has 0 saturated carbocycles. The molecular weight excluding hydrogens is 1380 g/mol. The Morgan fingerprint density at radius 2 is 0.500 bits per heavy atom. The molecule has 0 aromatic rings. The lowest BCUT2D eigenvalue weighted by molar-refractivity contribution is -0.406. The Kier molecular flexibility index (Phi) is 89.7. The van der Waals surface area contributed by atoms with E-state index in [4.69, 9.17) is 34.9 Å². The predicted molar refractivity (Wildman–Crippen MR) is 428 cm³/mol. The monoisotopic (exact) mass is 1550 g/mol. The zero-order valence-corrected chi connectivity index (χ0v) is 70.6. The van der Waals surface area contributed by atoms with Gasteiger partial charge in [-0.3, -0.25) is 33.6 Å². The number of carboxylic acid groups (broad SMARTS) is 2. The number of rotatable bonds is 82. The number of carbonyl (C=O) groups excluding carboxylic acids is 6. The van der Waals surface area contributed by atoms with Gasteiger partial charge in [0.25, 0.3) is 0 Å². The standard InChI is InChI=1S/2C44H83NO7.2ClH/c1-3-5-7-9-11-13-15-17-19-21-23-25-27-29-31-33-43(49)51-38-39(35-36-41(46)40(45)37-42(47)48)52-44(50)34-32-30-28-26-24-22-20-18-16-14-12-10-8-6-4-2;1-3-5-7-9-11-13-15-17-19-21-23-25-27-29-31-33-42(47)51-38-40(36-35-39(46)37-41(45)44(49)50)52-43(48)34-32-30-28-26-24-22-20-18-16-14-12-10-8-6-4-2;;/h39-40H,3-38,45H2,1-2H3,(H,47,48);40-41H,3-38,45H2,1-2H3,(H,49,50);2*1H/p-1. The lowest BCUT2D eigenvalue weighted by Crippen LogP contribution is -3.00. The molecule has 0 aromatic heterocycles. The highest BCUT2D eigenvalue weighted by Crippen LogP contribution is 2.21. The minimum atomic E-state index is -1.14. The van der Waals surface area contributed by atoms with Gasteiger partial charge in [-0.1, -0.05) is 387 Å². The summed E-state index contributed by atoms with van der Waals surface area (Å²) < 4.78 is 22.2. The molecule has 0 aliphatic heterocycles. The topological polar surface area (TPSA) is 268 Å². The number of aliphatic carboxylic acids is 2. The van der Waals surface area contributed by atoms with Gasteiger partial charge in [0.15, 0.2) is 6.04 Å². The van der Waals surface area contributed by atoms with E-state index in [9.17, 15) is 38.4 Å². The normalized spacial score (nSPS) is 12.2. The second-order valence-corrected chi connectivity index (χ2v) is 30.9. The van der Waals surface area contributed by atoms with Crippen LogP contribution in [-0.2, 0) is 57.3 Å². The summed E-state index contributed by atoms with van der Waals surface area (Å²) in [5, 5.41) is 18.0. The van der Waals surface area contributed by atoms with Gasteiger partial charge in [0.05, 0.1) is 18.9 Å². The highest BCUT2D eigenvalue weighted by Gasteiger charge is 2.25. The van der Waals surface area contributed by atoms with Crippen LogP contribution in [-0.4, -0.2) is 95.1 Å². The number of esters is 4. The van der Waals surface area contributed by atoms with Gasteiger partial charge in [0.2, 0.25) is 0 Å². The number of carboxylic acids is 2. The summed E-state index contributed by atoms with van der Waals surface area (Å²) in [6, 6.07) is -2.12. The molecule has 0 spiro atoms. The van der Waals surface area contributed by atoms with Gasteiger partial charge in [-0.15, -0.1) is 0 Å². The van der Waals surface area contributed by atoms with Gasteiger partial charge >= 0.3 is 35.8 Å². The van der Waals surface area contributed by atoms with Crippen LogP contribution >= 0.6 is 0 Å². The van der Waals surface area contributed by atoms with E-state index in [1.807, 2.05) is 0 Å². The molecule has 0 bridgehead atoms. The van der Waals surface area contributed by atoms with Crippen LogP contribution in [0.4, 0.5) is 0 Å². The van der Waals surface area contributed by atoms with Crippen molar-refractivity contribution in [3.63, 3.8) is 0 Å². The third-order valence-electron chi connectivity index (χ3n) is 20.5. The van der Waals surface area contributed by atoms with Gasteiger partial charge in [0.1, 0.15) is 37.0 Å². The van der Waals surface area contributed by atoms with Crippen LogP contribution in [0.2, 0.25) is 0 Å². The third kappa shape index (κ3) is 84.7. The second-order valence-electron chi connectivity index (χ2n) is 30.9. The molecule has 0 saturated heterocycles. The van der Waals surface area contributed by atoms with Gasteiger partial charge in [-0.25, -0.2) is 4.79 Å². The summed E-state index contributed by atoms with van der Waals surface area (Å²) in [6.07, 6.45) is 74.8. The van der Waals surface area contributed by atoms with Crippen molar-refractivity contribution >= 4 is 47.4 Å². The zero-order valence-electron chi connectivity index (χ0n) is 69.1. The van der Waals surface area contributed by atoms with Crippen molar-refractivity contribution in [3.8, 4) is 0 Å². The fourth-order valence-electron chi connectivity index (χ4n) is 13.5. The van der Waals surface area contributed by atoms with Gasteiger partial charge in [0, 0.05) is 38.5 Å². The van der Waals surface area contributed by atoms with Crippen molar-refractivity contribution in [3.05, 3.63) is 0 Å². The Bertz CT molecular complexity index is 1980. The first-order valence-corrected chi connectivity index (χ1v) is 44.4. The summed E-state index contributed by atoms with van der Waals surface area (Å²) in [7, 11) is 0. The predicted octanol–water partition coefficient (Wildman–Crippen LogP) is 17.5. The van der Waals surface area contributed by atoms with E-state index >= 15 is 0 Å². The maximum Gasteiger partial charge on any atom is 0.362 e. The molecule has 18 heteroatoms. The molecule has 4 unspecified atom stereocenters. The zero-order chi connectivity index (χ0) is 76.7. The minimum absolute atomic E-state index is 0. The van der Waals surface area contributed by atoms with Gasteiger partial charge in [-0.05, 0) is 38.5 Å². The van der Waals surface area contributed by atoms with E-state index in [1.165, 1.54) is 308 Å². The summed E-state index contributed by atoms with van der Waals surface area (Å²) in [6.45, 7) is 8.85. The van der Waals surface area contributed by atoms with E-state index in [2.05, 4.69) is 33.4 Å². The number of halogens is 2. The number of ether oxygens (including phenoxy) is 4. The first-order chi connectivity index (χ1) is 50.6. The van der Waals surface area contributed by atoms with Crippen LogP contribution in [0, 0.1) is 0 Å². The SMILES string of the molecule is CCCCCCCCCCCCCCCCCC(=O)OCC(CCC(=O)C(N)CC(=O)O)OC(=O)CCCCCCCCCCCCCCCCC.CCCCCCCCCCCCCCCCCC(=O)OCC(CCC(=O)CC([NH3+])C(=O)O)OC(=O)CCCCCCCCCCCCCCCCC.[Cl-].[Cl-]. The first-order valence-electron chi connectivity index (χ1n) is 44.4. The Hall–Kier alpha value is -3.34. The Labute approximate surface area is 662 Å². The number of unbranched alkanes of at least 4 members (excludes halogenated alkanes) is 56. The summed E-state index contributed by atoms with van der Waals surface area (Å²) in [4.78, 5) is 96.9. The van der Waals surface area contributed by atoms with Crippen molar-refractivity contribution in [1.29, 1.82) is 0 Å². The smallest absolute Gasteiger partial charge is 0.362 e. The average molecular weight is 1550 g/mol. The molecule has 0 aromatic carbocycles. The van der Waals surface area contributed by atoms with Gasteiger partial charge < -0.3 is 65.4 Å². The third-order valence-corrected chi connectivity index (χ3v) is 20.5. The van der Waals surface area contributed by atoms with Gasteiger partial charge in [-0.2, -0.15) is 0 Å². The van der Waals surface area contributed by atoms with E-state index in [-0.39, 0.29) is 106 Å². The van der Waals surface area contributed by atoms with Crippen LogP contribution in [0.1, 0.15) is 477 Å². The maximum atomic E-state index is 12.6. The van der Waals surface area contributed by atoms with E-state index in [0.717, 1.165) is 77.0 Å². The number of carbonyl (C=O) groups is 8. The molecule has 106 heavy (non-hydrogen) atoms. The number of nitrogens with two attached hydrogens (primary N) is 1. The second kappa shape index (κ2) is 87.2. The van der Waals surface area contributed by atoms with Crippen molar-refractivity contribution < 1.29 is 98.1 Å². The Morgan fingerprint density at radius 1 is 0.292 bits per heavy atom. The molecule has 0 amide bonds.